The van der Waals surface area contributed by atoms with E-state index < -0.39 is 0 Å². The standard InChI is InChI=1S/C91H56N4O2/c1-5-18-63(83-54(4)45-78(91-85(83)71-27-16-17-28-81(71)96-91)65-25-14-15-26-68(65)80-51-93-86-69-38-29-52(2)43-74(69)75-44-53(3)30-39-70(75)88(86)95-80)62-37-42-72-82(49-62)97-90-73(48-61-23-12-13-24-64(61)84(72)90)57-31-33-58(34-32-57)79-50-92-87-76-46-59(55-19-8-6-9-20-55)35-40-66(76)67-41-36-60(47-77(67)89(87)94-79)56-21-10-7-11-22-56/h1,6-51H,2-4H3/b63-18-. The van der Waals surface area contributed by atoms with Crippen LogP contribution >= 0.6 is 0 Å². The minimum Gasteiger partial charge on any atom is -0.455 e. The summed E-state index contributed by atoms with van der Waals surface area (Å²) in [5.74, 6) is 2.96. The Morgan fingerprint density at radius 3 is 1.59 bits per heavy atom. The second kappa shape index (κ2) is 21.9. The van der Waals surface area contributed by atoms with Gasteiger partial charge in [-0.3, -0.25) is 9.97 Å². The van der Waals surface area contributed by atoms with Gasteiger partial charge in [0.05, 0.1) is 45.8 Å². The first-order valence-electron chi connectivity index (χ1n) is 32.8. The van der Waals surface area contributed by atoms with Crippen LogP contribution in [0.5, 0.6) is 0 Å². The van der Waals surface area contributed by atoms with Gasteiger partial charge < -0.3 is 8.83 Å². The Bertz CT molecular complexity index is 6650. The number of rotatable bonds is 8. The number of aryl methyl sites for hydroxylation is 3. The third kappa shape index (κ3) is 8.90. The molecule has 0 saturated heterocycles. The topological polar surface area (TPSA) is 77.8 Å². The molecular formula is C91H56N4O2. The van der Waals surface area contributed by atoms with Crippen LogP contribution in [0, 0.1) is 33.1 Å². The molecule has 0 aliphatic rings. The van der Waals surface area contributed by atoms with Crippen LogP contribution in [0.15, 0.2) is 288 Å². The number of nitrogens with zero attached hydrogens (tertiary/aromatic N) is 4. The number of para-hydroxylation sites is 1. The Morgan fingerprint density at radius 1 is 0.351 bits per heavy atom. The average Bonchev–Trinajstić information content (AvgIpc) is 1.74. The monoisotopic (exact) mass is 1240 g/mol. The van der Waals surface area contributed by atoms with Gasteiger partial charge in [-0.15, -0.1) is 6.42 Å². The lowest BCUT2D eigenvalue weighted by molar-refractivity contribution is 0.670. The Labute approximate surface area is 558 Å². The van der Waals surface area contributed by atoms with Crippen molar-refractivity contribution in [1.29, 1.82) is 0 Å². The van der Waals surface area contributed by atoms with Crippen molar-refractivity contribution >= 4 is 125 Å². The van der Waals surface area contributed by atoms with Crippen LogP contribution in [0.2, 0.25) is 0 Å². The molecule has 0 bridgehead atoms. The average molecular weight is 1240 g/mol. The molecule has 0 aliphatic carbocycles. The van der Waals surface area contributed by atoms with Crippen LogP contribution in [-0.4, -0.2) is 19.9 Å². The van der Waals surface area contributed by atoms with Crippen LogP contribution in [0.3, 0.4) is 0 Å². The van der Waals surface area contributed by atoms with Gasteiger partial charge in [-0.05, 0) is 157 Å². The number of hydrogen-bond donors (Lipinski definition) is 0. The zero-order chi connectivity index (χ0) is 64.6. The summed E-state index contributed by atoms with van der Waals surface area (Å²) in [5.41, 5.74) is 24.8. The first kappa shape index (κ1) is 55.8. The molecule has 6 heteroatoms. The number of hydrogen-bond acceptors (Lipinski definition) is 6. The van der Waals surface area contributed by atoms with Crippen molar-refractivity contribution in [2.24, 2.45) is 0 Å². The van der Waals surface area contributed by atoms with Crippen LogP contribution < -0.4 is 0 Å². The first-order chi connectivity index (χ1) is 47.8. The Balaban J connectivity index is 0.725. The van der Waals surface area contributed by atoms with Gasteiger partial charge in [0.15, 0.2) is 0 Å². The summed E-state index contributed by atoms with van der Waals surface area (Å²) < 4.78 is 14.3. The number of terminal acetylenes is 1. The van der Waals surface area contributed by atoms with Gasteiger partial charge in [0.1, 0.15) is 22.3 Å². The molecule has 452 valence electrons. The van der Waals surface area contributed by atoms with Crippen molar-refractivity contribution in [1.82, 2.24) is 19.9 Å². The molecule has 6 nitrogen and oxygen atoms in total. The second-order valence-electron chi connectivity index (χ2n) is 25.7. The minimum atomic E-state index is 0.751. The van der Waals surface area contributed by atoms with E-state index in [0.717, 1.165) is 198 Å². The molecule has 97 heavy (non-hydrogen) atoms. The van der Waals surface area contributed by atoms with E-state index in [4.69, 9.17) is 35.2 Å². The molecule has 15 aromatic carbocycles. The maximum Gasteiger partial charge on any atom is 0.143 e. The van der Waals surface area contributed by atoms with E-state index in [0.29, 0.717) is 0 Å². The lowest BCUT2D eigenvalue weighted by Crippen LogP contribution is -1.97. The number of aromatic nitrogens is 4. The molecule has 0 unspecified atom stereocenters. The quantitative estimate of drug-likeness (QED) is 0.111. The summed E-state index contributed by atoms with van der Waals surface area (Å²) in [7, 11) is 0. The first-order valence-corrected chi connectivity index (χ1v) is 32.8. The van der Waals surface area contributed by atoms with Crippen LogP contribution in [0.4, 0.5) is 0 Å². The maximum absolute atomic E-state index is 7.22. The third-order valence-corrected chi connectivity index (χ3v) is 19.9. The summed E-state index contributed by atoms with van der Waals surface area (Å²) in [4.78, 5) is 21.6. The van der Waals surface area contributed by atoms with Crippen molar-refractivity contribution in [2.45, 2.75) is 20.8 Å². The van der Waals surface area contributed by atoms with Gasteiger partial charge in [0.2, 0.25) is 0 Å². The molecule has 0 atom stereocenters. The zero-order valence-electron chi connectivity index (χ0n) is 53.2. The largest absolute Gasteiger partial charge is 0.455 e. The smallest absolute Gasteiger partial charge is 0.143 e. The predicted octanol–water partition coefficient (Wildman–Crippen LogP) is 24.1. The van der Waals surface area contributed by atoms with Crippen molar-refractivity contribution in [3.63, 3.8) is 0 Å². The fraction of sp³-hybridized carbons (Fsp3) is 0.0330. The summed E-state index contributed by atoms with van der Waals surface area (Å²) in [6.45, 7) is 6.46. The lowest BCUT2D eigenvalue weighted by Gasteiger charge is -2.17. The van der Waals surface area contributed by atoms with Gasteiger partial charge >= 0.3 is 0 Å². The van der Waals surface area contributed by atoms with Crippen molar-refractivity contribution in [3.8, 4) is 79.4 Å². The molecule has 0 saturated carbocycles. The van der Waals surface area contributed by atoms with E-state index in [1.54, 1.807) is 0 Å². The number of fused-ring (bicyclic) bond motifs is 20. The SMILES string of the molecule is C#C/C=C(/c1ccc2c(c1)oc1c(-c3ccc(-c4cnc5c6cc(-c7ccccc7)ccc6c6ccc(-c7ccccc7)cc6c5n4)cc3)cc3ccccc3c12)c1c(C)cc(-c2ccccc2-c2cnc3c4ccc(C)cc4c4cc(C)ccc4c3n2)c2oc3ccccc3c12. The van der Waals surface area contributed by atoms with Crippen molar-refractivity contribution < 1.29 is 8.83 Å². The van der Waals surface area contributed by atoms with Gasteiger partial charge in [-0.25, -0.2) is 9.97 Å². The van der Waals surface area contributed by atoms with E-state index in [-0.39, 0.29) is 0 Å². The van der Waals surface area contributed by atoms with E-state index in [1.165, 1.54) is 21.9 Å². The summed E-state index contributed by atoms with van der Waals surface area (Å²) in [6, 6.07) is 92.8. The maximum atomic E-state index is 7.22. The molecule has 0 radical (unpaired) electrons. The van der Waals surface area contributed by atoms with Gasteiger partial charge in [-0.1, -0.05) is 235 Å². The van der Waals surface area contributed by atoms with E-state index in [2.05, 4.69) is 275 Å². The van der Waals surface area contributed by atoms with Crippen molar-refractivity contribution in [2.75, 3.05) is 0 Å². The fourth-order valence-corrected chi connectivity index (χ4v) is 15.3. The Kier molecular flexibility index (Phi) is 12.6. The van der Waals surface area contributed by atoms with Gasteiger partial charge in [0.25, 0.3) is 0 Å². The minimum absolute atomic E-state index is 0.751. The molecule has 0 N–H and O–H groups in total. The Morgan fingerprint density at radius 2 is 0.876 bits per heavy atom. The summed E-state index contributed by atoms with van der Waals surface area (Å²) in [6.07, 6.45) is 12.1. The molecule has 0 aliphatic heterocycles. The van der Waals surface area contributed by atoms with Crippen LogP contribution in [-0.2, 0) is 0 Å². The Hall–Kier alpha value is -12.8. The molecule has 0 spiro atoms. The number of furan rings is 2. The van der Waals surface area contributed by atoms with Gasteiger partial charge in [-0.2, -0.15) is 0 Å². The van der Waals surface area contributed by atoms with E-state index in [9.17, 15) is 0 Å². The third-order valence-electron chi connectivity index (χ3n) is 19.9. The molecule has 19 aromatic rings. The molecule has 0 fully saturated rings. The summed E-state index contributed by atoms with van der Waals surface area (Å²) >= 11 is 0. The molecular weight excluding hydrogens is 1180 g/mol. The summed E-state index contributed by atoms with van der Waals surface area (Å²) in [5, 5.41) is 15.2. The van der Waals surface area contributed by atoms with Crippen molar-refractivity contribution in [3.05, 3.63) is 307 Å². The highest BCUT2D eigenvalue weighted by Crippen LogP contribution is 2.49. The molecule has 4 heterocycles. The lowest BCUT2D eigenvalue weighted by atomic mass is 9.86. The highest BCUT2D eigenvalue weighted by molar-refractivity contribution is 6.27. The van der Waals surface area contributed by atoms with Crippen LogP contribution in [0.1, 0.15) is 27.8 Å². The normalized spacial score (nSPS) is 12.1. The second-order valence-corrected chi connectivity index (χ2v) is 25.7. The molecule has 0 amide bonds. The van der Waals surface area contributed by atoms with E-state index >= 15 is 0 Å². The highest BCUT2D eigenvalue weighted by atomic mass is 16.3. The fourth-order valence-electron chi connectivity index (χ4n) is 15.3. The predicted molar refractivity (Wildman–Crippen MR) is 404 cm³/mol. The number of benzene rings is 15. The highest BCUT2D eigenvalue weighted by Gasteiger charge is 2.26. The molecule has 19 rings (SSSR count). The van der Waals surface area contributed by atoms with Gasteiger partial charge in [0, 0.05) is 65.3 Å². The number of allylic oxidation sites excluding steroid dienone is 1. The molecule has 4 aromatic heterocycles. The van der Waals surface area contributed by atoms with E-state index in [1.807, 2.05) is 30.6 Å². The zero-order valence-corrected chi connectivity index (χ0v) is 53.2. The van der Waals surface area contributed by atoms with Crippen LogP contribution in [0.25, 0.3) is 192 Å².